The van der Waals surface area contributed by atoms with Gasteiger partial charge in [-0.15, -0.1) is 0 Å². The fraction of sp³-hybridized carbons (Fsp3) is 0.438. The van der Waals surface area contributed by atoms with Crippen molar-refractivity contribution >= 4 is 11.5 Å². The van der Waals surface area contributed by atoms with E-state index in [1.165, 1.54) is 0 Å². The zero-order chi connectivity index (χ0) is 13.1. The minimum atomic E-state index is 0.161. The molecule has 18 heavy (non-hydrogen) atoms. The summed E-state index contributed by atoms with van der Waals surface area (Å²) in [7, 11) is 2.00. The zero-order valence-electron chi connectivity index (χ0n) is 11.4. The summed E-state index contributed by atoms with van der Waals surface area (Å²) in [5, 5.41) is 0. The average molecular weight is 243 g/mol. The van der Waals surface area contributed by atoms with Gasteiger partial charge >= 0.3 is 0 Å². The molecule has 0 saturated heterocycles. The molecule has 0 aliphatic heterocycles. The fourth-order valence-corrected chi connectivity index (χ4v) is 2.41. The molecule has 0 spiro atoms. The van der Waals surface area contributed by atoms with Gasteiger partial charge in [0.15, 0.2) is 5.78 Å². The van der Waals surface area contributed by atoms with E-state index in [0.717, 1.165) is 24.1 Å². The number of carbonyl (C=O) groups is 1. The Labute approximate surface area is 109 Å². The molecule has 1 saturated carbocycles. The Hall–Kier alpha value is -1.57. The molecule has 0 unspecified atom stereocenters. The third-order valence-corrected chi connectivity index (χ3v) is 3.97. The number of ketones is 1. The van der Waals surface area contributed by atoms with Crippen LogP contribution in [-0.2, 0) is 4.79 Å². The van der Waals surface area contributed by atoms with Crippen LogP contribution in [0, 0.1) is 11.8 Å². The zero-order valence-corrected chi connectivity index (χ0v) is 11.4. The molecule has 0 amide bonds. The molecule has 96 valence electrons. The van der Waals surface area contributed by atoms with Gasteiger partial charge in [-0.05, 0) is 30.9 Å². The van der Waals surface area contributed by atoms with E-state index in [2.05, 4.69) is 19.1 Å². The Bertz CT molecular complexity index is 449. The van der Waals surface area contributed by atoms with Crippen LogP contribution in [0.4, 0.5) is 5.69 Å². The topological polar surface area (TPSA) is 20.3 Å². The average Bonchev–Trinajstić information content (AvgIpc) is 2.40. The van der Waals surface area contributed by atoms with Crippen LogP contribution >= 0.6 is 0 Å². The lowest BCUT2D eigenvalue weighted by Crippen LogP contribution is -2.27. The highest BCUT2D eigenvalue weighted by molar-refractivity contribution is 5.98. The SMILES string of the molecule is C[C@@H]1CCC(=CN(C)c2ccccc2)C(=O)[C@@H]1C. The number of benzene rings is 1. The predicted octanol–water partition coefficient (Wildman–Crippen LogP) is 3.64. The second-order valence-corrected chi connectivity index (χ2v) is 5.27. The third-order valence-electron chi connectivity index (χ3n) is 3.97. The standard InChI is InChI=1S/C16H21NO/c1-12-9-10-14(16(18)13(12)2)11-17(3)15-7-5-4-6-8-15/h4-8,11-13H,9-10H2,1-3H3/t12-,13-/m1/s1. The first kappa shape index (κ1) is 12.9. The summed E-state index contributed by atoms with van der Waals surface area (Å²) < 4.78 is 0. The van der Waals surface area contributed by atoms with E-state index < -0.39 is 0 Å². The van der Waals surface area contributed by atoms with E-state index in [4.69, 9.17) is 0 Å². The van der Waals surface area contributed by atoms with E-state index in [-0.39, 0.29) is 5.92 Å². The molecular weight excluding hydrogens is 222 g/mol. The van der Waals surface area contributed by atoms with Crippen molar-refractivity contribution in [3.05, 3.63) is 42.1 Å². The van der Waals surface area contributed by atoms with Crippen molar-refractivity contribution in [3.63, 3.8) is 0 Å². The lowest BCUT2D eigenvalue weighted by Gasteiger charge is -2.27. The summed E-state index contributed by atoms with van der Waals surface area (Å²) in [5.74, 6) is 0.988. The lowest BCUT2D eigenvalue weighted by molar-refractivity contribution is -0.121. The van der Waals surface area contributed by atoms with Crippen LogP contribution in [0.3, 0.4) is 0 Å². The van der Waals surface area contributed by atoms with Crippen LogP contribution in [0.25, 0.3) is 0 Å². The van der Waals surface area contributed by atoms with E-state index in [9.17, 15) is 4.79 Å². The van der Waals surface area contributed by atoms with Crippen LogP contribution in [0.1, 0.15) is 26.7 Å². The Kier molecular flexibility index (Phi) is 3.85. The summed E-state index contributed by atoms with van der Waals surface area (Å²) >= 11 is 0. The summed E-state index contributed by atoms with van der Waals surface area (Å²) in [6, 6.07) is 10.1. The lowest BCUT2D eigenvalue weighted by atomic mass is 9.78. The summed E-state index contributed by atoms with van der Waals surface area (Å²) in [5.41, 5.74) is 2.08. The molecule has 1 fully saturated rings. The molecule has 0 aromatic heterocycles. The molecule has 2 atom stereocenters. The molecule has 2 heteroatoms. The van der Waals surface area contributed by atoms with E-state index in [1.54, 1.807) is 0 Å². The van der Waals surface area contributed by atoms with Gasteiger partial charge < -0.3 is 4.90 Å². The second-order valence-electron chi connectivity index (χ2n) is 5.27. The van der Waals surface area contributed by atoms with E-state index >= 15 is 0 Å². The van der Waals surface area contributed by atoms with Crippen LogP contribution in [0.15, 0.2) is 42.1 Å². The summed E-state index contributed by atoms with van der Waals surface area (Å²) in [6.07, 6.45) is 4.02. The van der Waals surface area contributed by atoms with Crippen molar-refractivity contribution < 1.29 is 4.79 Å². The van der Waals surface area contributed by atoms with Crippen LogP contribution in [-0.4, -0.2) is 12.8 Å². The van der Waals surface area contributed by atoms with Gasteiger partial charge in [-0.25, -0.2) is 0 Å². The molecule has 2 rings (SSSR count). The van der Waals surface area contributed by atoms with Gasteiger partial charge in [0.25, 0.3) is 0 Å². The first-order chi connectivity index (χ1) is 8.59. The number of para-hydroxylation sites is 1. The van der Waals surface area contributed by atoms with Gasteiger partial charge in [-0.1, -0.05) is 32.0 Å². The quantitative estimate of drug-likeness (QED) is 0.739. The summed E-state index contributed by atoms with van der Waals surface area (Å²) in [6.45, 7) is 4.21. The van der Waals surface area contributed by atoms with E-state index in [0.29, 0.717) is 11.7 Å². The third kappa shape index (κ3) is 2.63. The minimum Gasteiger partial charge on any atom is -0.351 e. The number of hydrogen-bond donors (Lipinski definition) is 0. The summed E-state index contributed by atoms with van der Waals surface area (Å²) in [4.78, 5) is 14.2. The number of rotatable bonds is 2. The Morgan fingerprint density at radius 1 is 1.22 bits per heavy atom. The number of carbonyl (C=O) groups excluding carboxylic acids is 1. The molecule has 0 bridgehead atoms. The smallest absolute Gasteiger partial charge is 0.163 e. The van der Waals surface area contributed by atoms with Crippen LogP contribution in [0.2, 0.25) is 0 Å². The fourth-order valence-electron chi connectivity index (χ4n) is 2.41. The van der Waals surface area contributed by atoms with Gasteiger partial charge in [0.2, 0.25) is 0 Å². The molecule has 1 aliphatic carbocycles. The van der Waals surface area contributed by atoms with Gasteiger partial charge in [-0.3, -0.25) is 4.79 Å². The predicted molar refractivity (Wildman–Crippen MR) is 75.5 cm³/mol. The molecule has 0 heterocycles. The van der Waals surface area contributed by atoms with Gasteiger partial charge in [0, 0.05) is 30.4 Å². The first-order valence-corrected chi connectivity index (χ1v) is 6.62. The highest BCUT2D eigenvalue weighted by Crippen LogP contribution is 2.30. The van der Waals surface area contributed by atoms with Gasteiger partial charge in [0.05, 0.1) is 0 Å². The van der Waals surface area contributed by atoms with Gasteiger partial charge in [-0.2, -0.15) is 0 Å². The van der Waals surface area contributed by atoms with Crippen molar-refractivity contribution in [2.45, 2.75) is 26.7 Å². The van der Waals surface area contributed by atoms with Gasteiger partial charge in [0.1, 0.15) is 0 Å². The van der Waals surface area contributed by atoms with Crippen molar-refractivity contribution in [1.29, 1.82) is 0 Å². The van der Waals surface area contributed by atoms with Crippen molar-refractivity contribution in [3.8, 4) is 0 Å². The highest BCUT2D eigenvalue weighted by atomic mass is 16.1. The van der Waals surface area contributed by atoms with Crippen LogP contribution in [0.5, 0.6) is 0 Å². The maximum absolute atomic E-state index is 12.2. The maximum Gasteiger partial charge on any atom is 0.163 e. The molecule has 0 N–H and O–H groups in total. The number of allylic oxidation sites excluding steroid dienone is 1. The number of anilines is 1. The number of nitrogens with zero attached hydrogens (tertiary/aromatic N) is 1. The first-order valence-electron chi connectivity index (χ1n) is 6.62. The van der Waals surface area contributed by atoms with E-state index in [1.807, 2.05) is 43.3 Å². The minimum absolute atomic E-state index is 0.161. The highest BCUT2D eigenvalue weighted by Gasteiger charge is 2.28. The largest absolute Gasteiger partial charge is 0.351 e. The maximum atomic E-state index is 12.2. The molecular formula is C16H21NO. The molecule has 1 aromatic rings. The van der Waals surface area contributed by atoms with Crippen molar-refractivity contribution in [1.82, 2.24) is 0 Å². The normalized spacial score (nSPS) is 26.4. The monoisotopic (exact) mass is 243 g/mol. The van der Waals surface area contributed by atoms with Crippen molar-refractivity contribution in [2.24, 2.45) is 11.8 Å². The molecule has 1 aromatic carbocycles. The van der Waals surface area contributed by atoms with Crippen LogP contribution < -0.4 is 4.90 Å². The number of hydrogen-bond acceptors (Lipinski definition) is 2. The molecule has 0 radical (unpaired) electrons. The van der Waals surface area contributed by atoms with Crippen molar-refractivity contribution in [2.75, 3.05) is 11.9 Å². The Morgan fingerprint density at radius 2 is 1.89 bits per heavy atom. The molecule has 2 nitrogen and oxygen atoms in total. The second kappa shape index (κ2) is 5.38. The Morgan fingerprint density at radius 3 is 2.56 bits per heavy atom. The Balaban J connectivity index is 2.16. The number of Topliss-reactive ketones (excluding diaryl/α,β-unsaturated/α-hetero) is 1. The molecule has 1 aliphatic rings.